The van der Waals surface area contributed by atoms with Crippen molar-refractivity contribution in [1.82, 2.24) is 34.1 Å². The van der Waals surface area contributed by atoms with Crippen LogP contribution in [0.5, 0.6) is 5.88 Å². The Hall–Kier alpha value is -4.68. The smallest absolute Gasteiger partial charge is 0.434 e. The van der Waals surface area contributed by atoms with E-state index in [-0.39, 0.29) is 35.5 Å². The summed E-state index contributed by atoms with van der Waals surface area (Å²) in [7, 11) is 1.50. The van der Waals surface area contributed by atoms with E-state index < -0.39 is 17.7 Å². The van der Waals surface area contributed by atoms with Crippen molar-refractivity contribution in [3.05, 3.63) is 82.2 Å². The number of nitrogens with zero attached hydrogens (tertiary/aromatic N) is 7. The van der Waals surface area contributed by atoms with Gasteiger partial charge in [0.15, 0.2) is 11.5 Å². The highest BCUT2D eigenvalue weighted by Gasteiger charge is 2.36. The van der Waals surface area contributed by atoms with Gasteiger partial charge < -0.3 is 9.30 Å². The summed E-state index contributed by atoms with van der Waals surface area (Å²) < 4.78 is 63.6. The minimum atomic E-state index is -4.67. The van der Waals surface area contributed by atoms with Gasteiger partial charge in [-0.25, -0.2) is 29.3 Å². The van der Waals surface area contributed by atoms with E-state index in [9.17, 15) is 18.0 Å². The van der Waals surface area contributed by atoms with Crippen LogP contribution in [0.15, 0.2) is 53.8 Å². The van der Waals surface area contributed by atoms with Crippen molar-refractivity contribution >= 4 is 11.0 Å². The first-order valence-electron chi connectivity index (χ1n) is 13.3. The highest BCUT2D eigenvalue weighted by Crippen LogP contribution is 2.45. The summed E-state index contributed by atoms with van der Waals surface area (Å²) in [5, 5.41) is 0.581. The first kappa shape index (κ1) is 27.5. The molecule has 216 valence electrons. The van der Waals surface area contributed by atoms with Crippen LogP contribution in [0.2, 0.25) is 0 Å². The standard InChI is InChI=1S/C29H25F4N7O2/c1-15(2)39-13-21(29(31,32)33)37-27(39)19-8-4-16(10-20(19)30)12-40-22(41)9-7-18-11-34-25(38-26(18)40)23-24(17-5-6-17)35-14-36-28(23)42-3/h4,7-11,13-15,17H,5-6,12H2,1-3H3. The number of hydrogen-bond donors (Lipinski definition) is 0. The van der Waals surface area contributed by atoms with Gasteiger partial charge in [-0.2, -0.15) is 13.2 Å². The van der Waals surface area contributed by atoms with Crippen LogP contribution >= 0.6 is 0 Å². The molecule has 0 N–H and O–H groups in total. The molecule has 1 aromatic carbocycles. The summed E-state index contributed by atoms with van der Waals surface area (Å²) >= 11 is 0. The minimum Gasteiger partial charge on any atom is -0.480 e. The van der Waals surface area contributed by atoms with Gasteiger partial charge in [0.1, 0.15) is 29.2 Å². The predicted molar refractivity (Wildman–Crippen MR) is 145 cm³/mol. The molecule has 0 aliphatic heterocycles. The van der Waals surface area contributed by atoms with Gasteiger partial charge in [-0.15, -0.1) is 0 Å². The SMILES string of the molecule is COc1ncnc(C2CC2)c1-c1ncc2ccc(=O)n(Cc3ccc(-c4nc(C(F)(F)F)cn4C(C)C)c(F)c3)c2n1. The lowest BCUT2D eigenvalue weighted by Crippen LogP contribution is -2.21. The molecular formula is C29H25F4N7O2. The van der Waals surface area contributed by atoms with Gasteiger partial charge in [0.25, 0.3) is 5.56 Å². The number of halogens is 4. The molecule has 6 rings (SSSR count). The van der Waals surface area contributed by atoms with Crippen LogP contribution in [0.4, 0.5) is 17.6 Å². The zero-order valence-electron chi connectivity index (χ0n) is 22.9. The molecule has 0 unspecified atom stereocenters. The number of aromatic nitrogens is 7. The number of rotatable bonds is 7. The van der Waals surface area contributed by atoms with E-state index in [0.29, 0.717) is 33.9 Å². The van der Waals surface area contributed by atoms with Crippen molar-refractivity contribution in [2.45, 2.75) is 51.4 Å². The maximum absolute atomic E-state index is 15.4. The fourth-order valence-electron chi connectivity index (χ4n) is 4.90. The van der Waals surface area contributed by atoms with Crippen LogP contribution in [-0.2, 0) is 12.7 Å². The average molecular weight is 580 g/mol. The zero-order chi connectivity index (χ0) is 29.8. The van der Waals surface area contributed by atoms with Gasteiger partial charge in [-0.05, 0) is 50.5 Å². The summed E-state index contributed by atoms with van der Waals surface area (Å²) in [4.78, 5) is 34.6. The maximum atomic E-state index is 15.4. The van der Waals surface area contributed by atoms with Gasteiger partial charge in [0, 0.05) is 35.8 Å². The zero-order valence-corrected chi connectivity index (χ0v) is 22.9. The quantitative estimate of drug-likeness (QED) is 0.225. The summed E-state index contributed by atoms with van der Waals surface area (Å²) in [5.41, 5.74) is 0.498. The second kappa shape index (κ2) is 10.3. The Kier molecular flexibility index (Phi) is 6.74. The van der Waals surface area contributed by atoms with Crippen molar-refractivity contribution in [2.75, 3.05) is 7.11 Å². The second-order valence-electron chi connectivity index (χ2n) is 10.4. The highest BCUT2D eigenvalue weighted by molar-refractivity contribution is 5.78. The van der Waals surface area contributed by atoms with Crippen molar-refractivity contribution < 1.29 is 22.3 Å². The van der Waals surface area contributed by atoms with Gasteiger partial charge >= 0.3 is 6.18 Å². The number of methoxy groups -OCH3 is 1. The molecule has 4 heterocycles. The Bertz CT molecular complexity index is 1880. The van der Waals surface area contributed by atoms with Crippen LogP contribution in [0.3, 0.4) is 0 Å². The van der Waals surface area contributed by atoms with Crippen LogP contribution in [0.25, 0.3) is 33.8 Å². The first-order valence-corrected chi connectivity index (χ1v) is 13.3. The molecule has 0 radical (unpaired) electrons. The minimum absolute atomic E-state index is 0.0475. The molecule has 4 aromatic heterocycles. The number of benzene rings is 1. The Morgan fingerprint density at radius 1 is 1.07 bits per heavy atom. The van der Waals surface area contributed by atoms with Crippen LogP contribution in [0, 0.1) is 5.82 Å². The molecule has 9 nitrogen and oxygen atoms in total. The van der Waals surface area contributed by atoms with E-state index in [1.165, 1.54) is 40.8 Å². The summed E-state index contributed by atoms with van der Waals surface area (Å²) in [6.07, 6.45) is 1.18. The molecule has 0 atom stereocenters. The van der Waals surface area contributed by atoms with Crippen molar-refractivity contribution in [1.29, 1.82) is 0 Å². The largest absolute Gasteiger partial charge is 0.480 e. The molecule has 0 spiro atoms. The molecule has 42 heavy (non-hydrogen) atoms. The summed E-state index contributed by atoms with van der Waals surface area (Å²) in [6, 6.07) is 6.70. The number of fused-ring (bicyclic) bond motifs is 1. The fraction of sp³-hybridized carbons (Fsp3) is 0.310. The normalized spacial score (nSPS) is 13.7. The van der Waals surface area contributed by atoms with Gasteiger partial charge in [-0.3, -0.25) is 9.36 Å². The Labute approximate surface area is 236 Å². The Morgan fingerprint density at radius 2 is 1.86 bits per heavy atom. The number of hydrogen-bond acceptors (Lipinski definition) is 7. The van der Waals surface area contributed by atoms with E-state index >= 15 is 4.39 Å². The molecule has 0 saturated heterocycles. The van der Waals surface area contributed by atoms with Crippen molar-refractivity contribution in [3.63, 3.8) is 0 Å². The van der Waals surface area contributed by atoms with E-state index in [1.807, 2.05) is 0 Å². The molecule has 5 aromatic rings. The third-order valence-electron chi connectivity index (χ3n) is 7.14. The van der Waals surface area contributed by atoms with Gasteiger partial charge in [-0.1, -0.05) is 6.07 Å². The van der Waals surface area contributed by atoms with Gasteiger partial charge in [0.05, 0.1) is 24.9 Å². The summed E-state index contributed by atoms with van der Waals surface area (Å²) in [6.45, 7) is 3.32. The number of imidazole rings is 1. The number of ether oxygens (including phenoxy) is 1. The van der Waals surface area contributed by atoms with E-state index in [2.05, 4.69) is 19.9 Å². The molecule has 1 aliphatic rings. The second-order valence-corrected chi connectivity index (χ2v) is 10.4. The van der Waals surface area contributed by atoms with E-state index in [0.717, 1.165) is 24.7 Å². The lowest BCUT2D eigenvalue weighted by Gasteiger charge is -2.14. The third kappa shape index (κ3) is 4.99. The first-order chi connectivity index (χ1) is 20.0. The van der Waals surface area contributed by atoms with Crippen LogP contribution in [0.1, 0.15) is 55.6 Å². The lowest BCUT2D eigenvalue weighted by atomic mass is 10.1. The van der Waals surface area contributed by atoms with E-state index in [4.69, 9.17) is 9.72 Å². The number of pyridine rings is 1. The Morgan fingerprint density at radius 3 is 2.52 bits per heavy atom. The number of alkyl halides is 3. The molecule has 13 heteroatoms. The Balaban J connectivity index is 1.41. The molecule has 1 fully saturated rings. The lowest BCUT2D eigenvalue weighted by molar-refractivity contribution is -0.140. The predicted octanol–water partition coefficient (Wildman–Crippen LogP) is 5.79. The topological polar surface area (TPSA) is 101 Å². The average Bonchev–Trinajstić information content (AvgIpc) is 3.70. The van der Waals surface area contributed by atoms with Crippen molar-refractivity contribution in [3.8, 4) is 28.7 Å². The molecule has 0 amide bonds. The van der Waals surface area contributed by atoms with Crippen molar-refractivity contribution in [2.24, 2.45) is 0 Å². The molecule has 1 aliphatic carbocycles. The van der Waals surface area contributed by atoms with Gasteiger partial charge in [0.2, 0.25) is 5.88 Å². The fourth-order valence-corrected chi connectivity index (χ4v) is 4.90. The van der Waals surface area contributed by atoms with Crippen LogP contribution in [-0.4, -0.2) is 41.2 Å². The molecular weight excluding hydrogens is 554 g/mol. The molecule has 1 saturated carbocycles. The van der Waals surface area contributed by atoms with E-state index in [1.54, 1.807) is 32.2 Å². The maximum Gasteiger partial charge on any atom is 0.434 e. The monoisotopic (exact) mass is 579 g/mol. The summed E-state index contributed by atoms with van der Waals surface area (Å²) in [5.74, 6) is -0.0378. The van der Waals surface area contributed by atoms with Crippen LogP contribution < -0.4 is 10.3 Å². The highest BCUT2D eigenvalue weighted by atomic mass is 19.4. The molecule has 0 bridgehead atoms. The third-order valence-corrected chi connectivity index (χ3v) is 7.14.